The zero-order chi connectivity index (χ0) is 17.6. The molecule has 1 aromatic carbocycles. The highest BCUT2D eigenvalue weighted by atomic mass is 16.5. The van der Waals surface area contributed by atoms with E-state index in [4.69, 9.17) is 14.2 Å². The van der Waals surface area contributed by atoms with E-state index in [1.54, 1.807) is 26.5 Å². The first-order valence-corrected chi connectivity index (χ1v) is 8.28. The second-order valence-corrected chi connectivity index (χ2v) is 5.82. The van der Waals surface area contributed by atoms with Crippen LogP contribution in [0.4, 0.5) is 0 Å². The van der Waals surface area contributed by atoms with Gasteiger partial charge in [0.15, 0.2) is 18.1 Å². The van der Waals surface area contributed by atoms with Crippen LogP contribution in [0.5, 0.6) is 17.4 Å². The van der Waals surface area contributed by atoms with Crippen molar-refractivity contribution in [1.82, 2.24) is 9.88 Å². The van der Waals surface area contributed by atoms with E-state index in [0.717, 1.165) is 24.9 Å². The lowest BCUT2D eigenvalue weighted by atomic mass is 10.0. The summed E-state index contributed by atoms with van der Waals surface area (Å²) in [6.45, 7) is 0.713. The Kier molecular flexibility index (Phi) is 5.38. The second kappa shape index (κ2) is 7.88. The zero-order valence-corrected chi connectivity index (χ0v) is 14.5. The Morgan fingerprint density at radius 1 is 1.20 bits per heavy atom. The van der Waals surface area contributed by atoms with Crippen LogP contribution in [0.15, 0.2) is 42.6 Å². The molecule has 0 radical (unpaired) electrons. The second-order valence-electron chi connectivity index (χ2n) is 5.82. The van der Waals surface area contributed by atoms with E-state index in [9.17, 15) is 4.79 Å². The SMILES string of the molecule is COc1ccc([C@H]2CCCN2C(=O)COc2ccccn2)cc1OC. The van der Waals surface area contributed by atoms with Crippen LogP contribution < -0.4 is 14.2 Å². The van der Waals surface area contributed by atoms with Gasteiger partial charge in [-0.05, 0) is 36.6 Å². The molecule has 0 N–H and O–H groups in total. The molecule has 0 aliphatic carbocycles. The number of pyridine rings is 1. The van der Waals surface area contributed by atoms with Crippen LogP contribution in [0, 0.1) is 0 Å². The molecule has 1 aromatic heterocycles. The van der Waals surface area contributed by atoms with E-state index < -0.39 is 0 Å². The third-order valence-corrected chi connectivity index (χ3v) is 4.35. The molecule has 0 saturated carbocycles. The van der Waals surface area contributed by atoms with Crippen molar-refractivity contribution in [2.24, 2.45) is 0 Å². The van der Waals surface area contributed by atoms with Crippen molar-refractivity contribution in [2.75, 3.05) is 27.4 Å². The molecule has 6 heteroatoms. The number of methoxy groups -OCH3 is 2. The fraction of sp³-hybridized carbons (Fsp3) is 0.368. The molecule has 1 fully saturated rings. The molecule has 1 aliphatic heterocycles. The van der Waals surface area contributed by atoms with Gasteiger partial charge in [-0.15, -0.1) is 0 Å². The van der Waals surface area contributed by atoms with Gasteiger partial charge in [0.05, 0.1) is 20.3 Å². The smallest absolute Gasteiger partial charge is 0.261 e. The highest BCUT2D eigenvalue weighted by Gasteiger charge is 2.30. The van der Waals surface area contributed by atoms with Gasteiger partial charge < -0.3 is 19.1 Å². The highest BCUT2D eigenvalue weighted by molar-refractivity contribution is 5.78. The van der Waals surface area contributed by atoms with Crippen LogP contribution in [0.1, 0.15) is 24.4 Å². The Morgan fingerprint density at radius 2 is 2.04 bits per heavy atom. The molecule has 0 unspecified atom stereocenters. The number of nitrogens with zero attached hydrogens (tertiary/aromatic N) is 2. The third kappa shape index (κ3) is 3.84. The number of carbonyl (C=O) groups excluding carboxylic acids is 1. The summed E-state index contributed by atoms with van der Waals surface area (Å²) in [6, 6.07) is 11.2. The maximum atomic E-state index is 12.6. The van der Waals surface area contributed by atoms with Crippen molar-refractivity contribution in [3.05, 3.63) is 48.2 Å². The molecule has 0 spiro atoms. The first-order chi connectivity index (χ1) is 12.2. The average molecular weight is 342 g/mol. The van der Waals surface area contributed by atoms with Crippen molar-refractivity contribution in [2.45, 2.75) is 18.9 Å². The van der Waals surface area contributed by atoms with Gasteiger partial charge in [0.1, 0.15) is 0 Å². The molecule has 6 nitrogen and oxygen atoms in total. The van der Waals surface area contributed by atoms with Crippen LogP contribution >= 0.6 is 0 Å². The number of aromatic nitrogens is 1. The fourth-order valence-electron chi connectivity index (χ4n) is 3.12. The zero-order valence-electron chi connectivity index (χ0n) is 14.5. The van der Waals surface area contributed by atoms with E-state index in [1.807, 2.05) is 35.2 Å². The molecule has 1 atom stereocenters. The maximum absolute atomic E-state index is 12.6. The summed E-state index contributed by atoms with van der Waals surface area (Å²) in [7, 11) is 3.22. The lowest BCUT2D eigenvalue weighted by molar-refractivity contribution is -0.134. The normalized spacial score (nSPS) is 16.6. The molecule has 25 heavy (non-hydrogen) atoms. The van der Waals surface area contributed by atoms with Crippen LogP contribution in [-0.4, -0.2) is 43.2 Å². The minimum atomic E-state index is -0.0389. The Labute approximate surface area is 147 Å². The van der Waals surface area contributed by atoms with Gasteiger partial charge in [0.2, 0.25) is 5.88 Å². The van der Waals surface area contributed by atoms with Gasteiger partial charge in [-0.2, -0.15) is 0 Å². The monoisotopic (exact) mass is 342 g/mol. The minimum Gasteiger partial charge on any atom is -0.493 e. The maximum Gasteiger partial charge on any atom is 0.261 e. The Hall–Kier alpha value is -2.76. The summed E-state index contributed by atoms with van der Waals surface area (Å²) < 4.78 is 16.2. The van der Waals surface area contributed by atoms with Crippen LogP contribution in [0.25, 0.3) is 0 Å². The van der Waals surface area contributed by atoms with Gasteiger partial charge in [0.25, 0.3) is 5.91 Å². The van der Waals surface area contributed by atoms with Gasteiger partial charge >= 0.3 is 0 Å². The van der Waals surface area contributed by atoms with E-state index in [2.05, 4.69) is 4.98 Å². The highest BCUT2D eigenvalue weighted by Crippen LogP contribution is 2.36. The van der Waals surface area contributed by atoms with E-state index in [1.165, 1.54) is 0 Å². The molecule has 1 aliphatic rings. The molecule has 2 heterocycles. The first-order valence-electron chi connectivity index (χ1n) is 8.28. The van der Waals surface area contributed by atoms with Crippen LogP contribution in [0.3, 0.4) is 0 Å². The molecule has 1 amide bonds. The van der Waals surface area contributed by atoms with Gasteiger partial charge in [-0.3, -0.25) is 4.79 Å². The number of amides is 1. The van der Waals surface area contributed by atoms with Crippen LogP contribution in [0.2, 0.25) is 0 Å². The quantitative estimate of drug-likeness (QED) is 0.808. The summed E-state index contributed by atoms with van der Waals surface area (Å²) in [5.41, 5.74) is 1.04. The van der Waals surface area contributed by atoms with Gasteiger partial charge in [-0.1, -0.05) is 12.1 Å². The largest absolute Gasteiger partial charge is 0.493 e. The van der Waals surface area contributed by atoms with Crippen molar-refractivity contribution in [3.63, 3.8) is 0 Å². The molecular formula is C19H22N2O4. The molecule has 2 aromatic rings. The van der Waals surface area contributed by atoms with Crippen molar-refractivity contribution >= 4 is 5.91 Å². The predicted molar refractivity (Wildman–Crippen MR) is 93.0 cm³/mol. The van der Waals surface area contributed by atoms with Crippen LogP contribution in [-0.2, 0) is 4.79 Å². The van der Waals surface area contributed by atoms with E-state index in [0.29, 0.717) is 17.4 Å². The van der Waals surface area contributed by atoms with E-state index in [-0.39, 0.29) is 18.6 Å². The average Bonchev–Trinajstić information content (AvgIpc) is 3.16. The number of carbonyl (C=O) groups is 1. The lowest BCUT2D eigenvalue weighted by Crippen LogP contribution is -2.34. The van der Waals surface area contributed by atoms with Gasteiger partial charge in [0, 0.05) is 18.8 Å². The fourth-order valence-corrected chi connectivity index (χ4v) is 3.12. The number of likely N-dealkylation sites (tertiary alicyclic amines) is 1. The number of benzene rings is 1. The molecule has 132 valence electrons. The van der Waals surface area contributed by atoms with Crippen molar-refractivity contribution < 1.29 is 19.0 Å². The predicted octanol–water partition coefficient (Wildman–Crippen LogP) is 2.84. The number of hydrogen-bond donors (Lipinski definition) is 0. The van der Waals surface area contributed by atoms with Crippen molar-refractivity contribution in [3.8, 4) is 17.4 Å². The van der Waals surface area contributed by atoms with Crippen molar-refractivity contribution in [1.29, 1.82) is 0 Å². The summed E-state index contributed by atoms with van der Waals surface area (Å²) in [5.74, 6) is 1.77. The Bertz CT molecular complexity index is 721. The lowest BCUT2D eigenvalue weighted by Gasteiger charge is -2.25. The number of rotatable bonds is 6. The minimum absolute atomic E-state index is 0.0131. The Balaban J connectivity index is 1.70. The summed E-state index contributed by atoms with van der Waals surface area (Å²) in [5, 5.41) is 0. The molecule has 0 bridgehead atoms. The number of ether oxygens (including phenoxy) is 3. The summed E-state index contributed by atoms with van der Waals surface area (Å²) >= 11 is 0. The summed E-state index contributed by atoms with van der Waals surface area (Å²) in [6.07, 6.45) is 3.53. The summed E-state index contributed by atoms with van der Waals surface area (Å²) in [4.78, 5) is 18.5. The van der Waals surface area contributed by atoms with Gasteiger partial charge in [-0.25, -0.2) is 4.98 Å². The number of hydrogen-bond acceptors (Lipinski definition) is 5. The third-order valence-electron chi connectivity index (χ3n) is 4.35. The standard InChI is InChI=1S/C19H22N2O4/c1-23-16-9-8-14(12-17(16)24-2)15-6-5-11-21(15)19(22)13-25-18-7-3-4-10-20-18/h3-4,7-10,12,15H,5-6,11,13H2,1-2H3/t15-/m1/s1. The topological polar surface area (TPSA) is 60.9 Å². The first kappa shape index (κ1) is 17.1. The Morgan fingerprint density at radius 3 is 2.76 bits per heavy atom. The van der Waals surface area contributed by atoms with E-state index >= 15 is 0 Å². The molecule has 1 saturated heterocycles. The molecular weight excluding hydrogens is 320 g/mol. The molecule has 3 rings (SSSR count).